The Balaban J connectivity index is 1.67. The summed E-state index contributed by atoms with van der Waals surface area (Å²) in [5.41, 5.74) is 8.16. The number of nitrogen functional groups attached to an aromatic ring is 1. The van der Waals surface area contributed by atoms with E-state index in [1.807, 2.05) is 4.90 Å². The lowest BCUT2D eigenvalue weighted by Gasteiger charge is -2.42. The largest absolute Gasteiger partial charge is 0.395 e. The first-order chi connectivity index (χ1) is 9.88. The molecule has 2 heterocycles. The minimum Gasteiger partial charge on any atom is -0.395 e. The Kier molecular flexibility index (Phi) is 3.43. The average molecular weight is 291 g/mol. The van der Waals surface area contributed by atoms with Crippen molar-refractivity contribution in [2.75, 3.05) is 31.9 Å². The molecule has 1 amide bonds. The number of nitrogens with two attached hydrogens (primary N) is 1. The molecule has 0 aromatic carbocycles. The Morgan fingerprint density at radius 1 is 1.24 bits per heavy atom. The van der Waals surface area contributed by atoms with Crippen LogP contribution in [0.5, 0.6) is 0 Å². The summed E-state index contributed by atoms with van der Waals surface area (Å²) in [4.78, 5) is 16.8. The molecule has 1 aliphatic carbocycles. The monoisotopic (exact) mass is 291 g/mol. The summed E-state index contributed by atoms with van der Waals surface area (Å²) < 4.78 is 0. The number of anilines is 1. The molecule has 1 aromatic heterocycles. The molecule has 0 radical (unpaired) electrons. The molecule has 116 valence electrons. The highest BCUT2D eigenvalue weighted by Crippen LogP contribution is 2.42. The van der Waals surface area contributed by atoms with Crippen LogP contribution in [-0.4, -0.2) is 57.6 Å². The molecule has 1 aliphatic heterocycles. The number of nitrogens with one attached hydrogen (secondary N) is 1. The van der Waals surface area contributed by atoms with Crippen LogP contribution >= 0.6 is 0 Å². The van der Waals surface area contributed by atoms with Gasteiger partial charge in [-0.05, 0) is 33.6 Å². The van der Waals surface area contributed by atoms with Crippen LogP contribution in [0.25, 0.3) is 0 Å². The van der Waals surface area contributed by atoms with Crippen molar-refractivity contribution in [2.45, 2.75) is 45.1 Å². The highest BCUT2D eigenvalue weighted by Gasteiger charge is 2.33. The van der Waals surface area contributed by atoms with E-state index < -0.39 is 0 Å². The number of aromatic nitrogens is 2. The number of hydrogen-bond acceptors (Lipinski definition) is 4. The maximum atomic E-state index is 12.6. The number of amides is 1. The quantitative estimate of drug-likeness (QED) is 0.864. The maximum Gasteiger partial charge on any atom is 0.276 e. The first-order valence-corrected chi connectivity index (χ1v) is 7.76. The summed E-state index contributed by atoms with van der Waals surface area (Å²) in [5, 5.41) is 7.12. The van der Waals surface area contributed by atoms with Gasteiger partial charge in [-0.15, -0.1) is 0 Å². The van der Waals surface area contributed by atoms with E-state index in [1.54, 1.807) is 0 Å². The van der Waals surface area contributed by atoms with E-state index in [4.69, 9.17) is 5.73 Å². The van der Waals surface area contributed by atoms with Gasteiger partial charge in [0.05, 0.1) is 11.4 Å². The van der Waals surface area contributed by atoms with E-state index in [0.717, 1.165) is 44.7 Å². The van der Waals surface area contributed by atoms with E-state index in [0.29, 0.717) is 17.3 Å². The molecular weight excluding hydrogens is 266 g/mol. The van der Waals surface area contributed by atoms with Crippen molar-refractivity contribution in [3.8, 4) is 0 Å². The van der Waals surface area contributed by atoms with Gasteiger partial charge in [-0.2, -0.15) is 5.10 Å². The highest BCUT2D eigenvalue weighted by atomic mass is 16.2. The molecule has 3 rings (SSSR count). The number of piperazine rings is 1. The van der Waals surface area contributed by atoms with Gasteiger partial charge in [-0.1, -0.05) is 0 Å². The SMILES string of the molecule is CC(C)(C)N1CCN(C(=O)c2n[nH]c(C3CC3)c2N)CC1. The van der Waals surface area contributed by atoms with Crippen molar-refractivity contribution in [3.05, 3.63) is 11.4 Å². The van der Waals surface area contributed by atoms with Gasteiger partial charge in [0.1, 0.15) is 0 Å². The number of nitrogens with zero attached hydrogens (tertiary/aromatic N) is 3. The molecule has 1 aromatic rings. The Hall–Kier alpha value is -1.56. The molecule has 1 saturated carbocycles. The Labute approximate surface area is 125 Å². The van der Waals surface area contributed by atoms with Crippen molar-refractivity contribution >= 4 is 11.6 Å². The summed E-state index contributed by atoms with van der Waals surface area (Å²) in [5.74, 6) is 0.445. The Morgan fingerprint density at radius 3 is 2.38 bits per heavy atom. The standard InChI is InChI=1S/C15H25N5O/c1-15(2,3)20-8-6-19(7-9-20)14(21)13-11(16)12(17-18-13)10-4-5-10/h10H,4-9,16H2,1-3H3,(H,17,18). The molecule has 0 unspecified atom stereocenters. The van der Waals surface area contributed by atoms with Gasteiger partial charge in [-0.25, -0.2) is 0 Å². The Bertz CT molecular complexity index is 533. The lowest BCUT2D eigenvalue weighted by molar-refractivity contribution is 0.0447. The van der Waals surface area contributed by atoms with E-state index in [1.165, 1.54) is 0 Å². The van der Waals surface area contributed by atoms with Crippen molar-refractivity contribution in [2.24, 2.45) is 0 Å². The summed E-state index contributed by atoms with van der Waals surface area (Å²) in [6.45, 7) is 9.89. The fourth-order valence-corrected chi connectivity index (χ4v) is 2.94. The normalized spacial score (nSPS) is 20.8. The van der Waals surface area contributed by atoms with E-state index >= 15 is 0 Å². The van der Waals surface area contributed by atoms with Crippen LogP contribution in [0, 0.1) is 0 Å². The predicted octanol–water partition coefficient (Wildman–Crippen LogP) is 1.43. The molecule has 1 saturated heterocycles. The van der Waals surface area contributed by atoms with Gasteiger partial charge in [-0.3, -0.25) is 14.8 Å². The Morgan fingerprint density at radius 2 is 1.86 bits per heavy atom. The van der Waals surface area contributed by atoms with Crippen LogP contribution in [0.3, 0.4) is 0 Å². The molecule has 3 N–H and O–H groups in total. The van der Waals surface area contributed by atoms with Gasteiger partial charge in [0.2, 0.25) is 0 Å². The number of rotatable bonds is 2. The minimum atomic E-state index is -0.0378. The molecule has 21 heavy (non-hydrogen) atoms. The number of carbonyl (C=O) groups is 1. The number of hydrogen-bond donors (Lipinski definition) is 2. The molecular formula is C15H25N5O. The maximum absolute atomic E-state index is 12.6. The van der Waals surface area contributed by atoms with Gasteiger partial charge in [0.15, 0.2) is 5.69 Å². The second-order valence-electron chi connectivity index (χ2n) is 7.12. The zero-order valence-corrected chi connectivity index (χ0v) is 13.1. The molecule has 6 heteroatoms. The summed E-state index contributed by atoms with van der Waals surface area (Å²) in [6.07, 6.45) is 2.29. The molecule has 0 bridgehead atoms. The fraction of sp³-hybridized carbons (Fsp3) is 0.733. The van der Waals surface area contributed by atoms with Crippen LogP contribution in [0.2, 0.25) is 0 Å². The second-order valence-corrected chi connectivity index (χ2v) is 7.12. The average Bonchev–Trinajstić information content (AvgIpc) is 3.21. The van der Waals surface area contributed by atoms with Crippen LogP contribution in [0.1, 0.15) is 55.7 Å². The molecule has 6 nitrogen and oxygen atoms in total. The summed E-state index contributed by atoms with van der Waals surface area (Å²) in [7, 11) is 0. The van der Waals surface area contributed by atoms with Gasteiger partial charge in [0, 0.05) is 37.6 Å². The molecule has 2 fully saturated rings. The van der Waals surface area contributed by atoms with Crippen molar-refractivity contribution in [3.63, 3.8) is 0 Å². The second kappa shape index (κ2) is 5.02. The van der Waals surface area contributed by atoms with Crippen LogP contribution in [0.15, 0.2) is 0 Å². The highest BCUT2D eigenvalue weighted by molar-refractivity contribution is 5.97. The van der Waals surface area contributed by atoms with E-state index in [-0.39, 0.29) is 11.4 Å². The third-order valence-corrected chi connectivity index (χ3v) is 4.54. The van der Waals surface area contributed by atoms with Gasteiger partial charge < -0.3 is 10.6 Å². The molecule has 0 spiro atoms. The van der Waals surface area contributed by atoms with Crippen molar-refractivity contribution in [1.82, 2.24) is 20.0 Å². The fourth-order valence-electron chi connectivity index (χ4n) is 2.94. The lowest BCUT2D eigenvalue weighted by atomic mass is 10.0. The molecule has 2 aliphatic rings. The lowest BCUT2D eigenvalue weighted by Crippen LogP contribution is -2.54. The van der Waals surface area contributed by atoms with Crippen LogP contribution < -0.4 is 5.73 Å². The topological polar surface area (TPSA) is 78.2 Å². The third-order valence-electron chi connectivity index (χ3n) is 4.54. The third kappa shape index (κ3) is 2.77. The predicted molar refractivity (Wildman–Crippen MR) is 82.2 cm³/mol. The summed E-state index contributed by atoms with van der Waals surface area (Å²) in [6, 6.07) is 0. The van der Waals surface area contributed by atoms with Crippen molar-refractivity contribution < 1.29 is 4.79 Å². The zero-order valence-electron chi connectivity index (χ0n) is 13.1. The minimum absolute atomic E-state index is 0.0378. The van der Waals surface area contributed by atoms with Crippen molar-refractivity contribution in [1.29, 1.82) is 0 Å². The van der Waals surface area contributed by atoms with Gasteiger partial charge in [0.25, 0.3) is 5.91 Å². The smallest absolute Gasteiger partial charge is 0.276 e. The molecule has 0 atom stereocenters. The summed E-state index contributed by atoms with van der Waals surface area (Å²) >= 11 is 0. The zero-order chi connectivity index (χ0) is 15.2. The number of carbonyl (C=O) groups excluding carboxylic acids is 1. The van der Waals surface area contributed by atoms with Crippen LogP contribution in [-0.2, 0) is 0 Å². The number of H-pyrrole nitrogens is 1. The van der Waals surface area contributed by atoms with Gasteiger partial charge >= 0.3 is 0 Å². The first-order valence-electron chi connectivity index (χ1n) is 7.76. The van der Waals surface area contributed by atoms with E-state index in [9.17, 15) is 4.79 Å². The van der Waals surface area contributed by atoms with Crippen LogP contribution in [0.4, 0.5) is 5.69 Å². The first kappa shape index (κ1) is 14.4. The number of aromatic amines is 1. The van der Waals surface area contributed by atoms with E-state index in [2.05, 4.69) is 35.9 Å².